The maximum atomic E-state index is 13.6. The molecule has 0 aliphatic heterocycles. The summed E-state index contributed by atoms with van der Waals surface area (Å²) in [5.41, 5.74) is 1.81. The van der Waals surface area contributed by atoms with Gasteiger partial charge in [-0.15, -0.1) is 0 Å². The minimum Gasteiger partial charge on any atom is -0.497 e. The van der Waals surface area contributed by atoms with Gasteiger partial charge in [0, 0.05) is 12.5 Å². The van der Waals surface area contributed by atoms with Gasteiger partial charge in [0.05, 0.1) is 31.5 Å². The second-order valence-electron chi connectivity index (χ2n) is 7.14. The number of rotatable bonds is 10. The fourth-order valence-corrected chi connectivity index (χ4v) is 5.07. The molecule has 3 aromatic carbocycles. The van der Waals surface area contributed by atoms with Crippen molar-refractivity contribution in [2.45, 2.75) is 16.6 Å². The highest BCUT2D eigenvalue weighted by Gasteiger charge is 2.32. The molecule has 3 aromatic rings. The Morgan fingerprint density at radius 2 is 1.53 bits per heavy atom. The second kappa shape index (κ2) is 10.9. The third kappa shape index (κ3) is 5.59. The minimum atomic E-state index is -4.10. The standard InChI is InChI=1S/C24H25NO8S/c1-30-17-7-9-18(10-8-17)33-19-6-4-5-16(13-19)23(15-24(26)25-27)34(28,29)20-11-12-21(31-2)22(14-20)32-3/h4-14,23,27H,15H2,1-3H3,(H,25,26). The topological polar surface area (TPSA) is 120 Å². The molecule has 9 nitrogen and oxygen atoms in total. The lowest BCUT2D eigenvalue weighted by Crippen LogP contribution is -2.25. The summed E-state index contributed by atoms with van der Waals surface area (Å²) in [6, 6.07) is 17.5. The molecule has 0 saturated heterocycles. The lowest BCUT2D eigenvalue weighted by Gasteiger charge is -2.19. The molecule has 10 heteroatoms. The Hall–Kier alpha value is -3.76. The van der Waals surface area contributed by atoms with Crippen molar-refractivity contribution < 1.29 is 37.4 Å². The van der Waals surface area contributed by atoms with Crippen molar-refractivity contribution in [3.8, 4) is 28.7 Å². The third-order valence-electron chi connectivity index (χ3n) is 5.08. The molecule has 0 aliphatic carbocycles. The van der Waals surface area contributed by atoms with E-state index in [0.717, 1.165) is 0 Å². The molecule has 0 heterocycles. The van der Waals surface area contributed by atoms with Gasteiger partial charge >= 0.3 is 0 Å². The fraction of sp³-hybridized carbons (Fsp3) is 0.208. The molecule has 1 amide bonds. The highest BCUT2D eigenvalue weighted by molar-refractivity contribution is 7.91. The van der Waals surface area contributed by atoms with E-state index in [0.29, 0.717) is 28.6 Å². The SMILES string of the molecule is COc1ccc(Oc2cccc(C(CC(=O)NO)S(=O)(=O)c3ccc(OC)c(OC)c3)c2)cc1. The van der Waals surface area contributed by atoms with E-state index >= 15 is 0 Å². The van der Waals surface area contributed by atoms with E-state index in [2.05, 4.69) is 0 Å². The average molecular weight is 488 g/mol. The van der Waals surface area contributed by atoms with Crippen LogP contribution in [-0.4, -0.2) is 40.9 Å². The molecular formula is C24H25NO8S. The van der Waals surface area contributed by atoms with Crippen LogP contribution in [0, 0.1) is 0 Å². The number of carbonyl (C=O) groups is 1. The van der Waals surface area contributed by atoms with Crippen LogP contribution in [-0.2, 0) is 14.6 Å². The van der Waals surface area contributed by atoms with Gasteiger partial charge in [0.15, 0.2) is 21.3 Å². The molecule has 1 atom stereocenters. The Labute approximate surface area is 197 Å². The van der Waals surface area contributed by atoms with E-state index in [1.807, 2.05) is 0 Å². The summed E-state index contributed by atoms with van der Waals surface area (Å²) < 4.78 is 48.5. The number of hydroxylamine groups is 1. The highest BCUT2D eigenvalue weighted by atomic mass is 32.2. The number of sulfone groups is 1. The summed E-state index contributed by atoms with van der Waals surface area (Å²) in [5, 5.41) is 7.74. The van der Waals surface area contributed by atoms with E-state index in [9.17, 15) is 13.2 Å². The summed E-state index contributed by atoms with van der Waals surface area (Å²) in [6.07, 6.45) is -0.515. The van der Waals surface area contributed by atoms with Crippen LogP contribution in [0.5, 0.6) is 28.7 Å². The summed E-state index contributed by atoms with van der Waals surface area (Å²) >= 11 is 0. The van der Waals surface area contributed by atoms with Crippen LogP contribution in [0.3, 0.4) is 0 Å². The van der Waals surface area contributed by atoms with Gasteiger partial charge in [-0.3, -0.25) is 10.0 Å². The molecule has 0 fully saturated rings. The largest absolute Gasteiger partial charge is 0.497 e. The number of ether oxygens (including phenoxy) is 4. The van der Waals surface area contributed by atoms with Gasteiger partial charge in [0.1, 0.15) is 17.2 Å². The van der Waals surface area contributed by atoms with Crippen LogP contribution in [0.15, 0.2) is 71.6 Å². The zero-order valence-corrected chi connectivity index (χ0v) is 19.7. The molecule has 3 rings (SSSR count). The first-order valence-electron chi connectivity index (χ1n) is 10.1. The Morgan fingerprint density at radius 3 is 2.15 bits per heavy atom. The Morgan fingerprint density at radius 1 is 0.853 bits per heavy atom. The maximum absolute atomic E-state index is 13.6. The second-order valence-corrected chi connectivity index (χ2v) is 9.27. The minimum absolute atomic E-state index is 0.0673. The van der Waals surface area contributed by atoms with Crippen molar-refractivity contribution in [1.82, 2.24) is 5.48 Å². The normalized spacial score (nSPS) is 11.9. The number of methoxy groups -OCH3 is 3. The first kappa shape index (κ1) is 24.9. The number of hydrogen-bond donors (Lipinski definition) is 2. The number of amides is 1. The van der Waals surface area contributed by atoms with E-state index in [1.54, 1.807) is 49.6 Å². The molecule has 180 valence electrons. The average Bonchev–Trinajstić information content (AvgIpc) is 2.87. The van der Waals surface area contributed by atoms with Gasteiger partial charge in [0.2, 0.25) is 5.91 Å². The quantitative estimate of drug-likeness (QED) is 0.326. The van der Waals surface area contributed by atoms with E-state index < -0.39 is 27.4 Å². The number of hydrogen-bond acceptors (Lipinski definition) is 8. The summed E-state index contributed by atoms with van der Waals surface area (Å²) in [5.74, 6) is 1.30. The highest BCUT2D eigenvalue weighted by Crippen LogP contribution is 2.37. The zero-order chi connectivity index (χ0) is 24.7. The van der Waals surface area contributed by atoms with Gasteiger partial charge in [-0.2, -0.15) is 0 Å². The molecular weight excluding hydrogens is 462 g/mol. The zero-order valence-electron chi connectivity index (χ0n) is 18.8. The van der Waals surface area contributed by atoms with Crippen molar-refractivity contribution in [1.29, 1.82) is 0 Å². The van der Waals surface area contributed by atoms with Gasteiger partial charge in [-0.25, -0.2) is 13.9 Å². The Balaban J connectivity index is 2.00. The summed E-state index contributed by atoms with van der Waals surface area (Å²) in [4.78, 5) is 12.0. The predicted octanol–water partition coefficient (Wildman–Crippen LogP) is 3.92. The first-order chi connectivity index (χ1) is 16.3. The van der Waals surface area contributed by atoms with Crippen molar-refractivity contribution in [3.05, 3.63) is 72.3 Å². The van der Waals surface area contributed by atoms with Crippen molar-refractivity contribution in [2.24, 2.45) is 0 Å². The fourth-order valence-electron chi connectivity index (χ4n) is 3.34. The van der Waals surface area contributed by atoms with E-state index in [1.165, 1.54) is 44.0 Å². The van der Waals surface area contributed by atoms with Crippen molar-refractivity contribution in [2.75, 3.05) is 21.3 Å². The van der Waals surface area contributed by atoms with Crippen LogP contribution in [0.2, 0.25) is 0 Å². The molecule has 0 spiro atoms. The van der Waals surface area contributed by atoms with Crippen LogP contribution in [0.25, 0.3) is 0 Å². The molecule has 0 radical (unpaired) electrons. The predicted molar refractivity (Wildman–Crippen MR) is 124 cm³/mol. The van der Waals surface area contributed by atoms with Crippen LogP contribution < -0.4 is 24.4 Å². The van der Waals surface area contributed by atoms with E-state index in [4.69, 9.17) is 24.2 Å². The van der Waals surface area contributed by atoms with Gasteiger partial charge in [0.25, 0.3) is 0 Å². The van der Waals surface area contributed by atoms with Crippen molar-refractivity contribution >= 4 is 15.7 Å². The monoisotopic (exact) mass is 487 g/mol. The van der Waals surface area contributed by atoms with Gasteiger partial charge in [-0.1, -0.05) is 12.1 Å². The van der Waals surface area contributed by atoms with Crippen LogP contribution in [0.4, 0.5) is 0 Å². The molecule has 0 aromatic heterocycles. The number of carbonyl (C=O) groups excluding carboxylic acids is 1. The Kier molecular flexibility index (Phi) is 7.98. The lowest BCUT2D eigenvalue weighted by atomic mass is 10.1. The first-order valence-corrected chi connectivity index (χ1v) is 11.7. The molecule has 34 heavy (non-hydrogen) atoms. The van der Waals surface area contributed by atoms with Gasteiger partial charge < -0.3 is 18.9 Å². The molecule has 0 bridgehead atoms. The molecule has 0 saturated carbocycles. The smallest absolute Gasteiger partial charge is 0.244 e. The lowest BCUT2D eigenvalue weighted by molar-refractivity contribution is -0.129. The van der Waals surface area contributed by atoms with Gasteiger partial charge in [-0.05, 0) is 54.1 Å². The van der Waals surface area contributed by atoms with E-state index in [-0.39, 0.29) is 10.6 Å². The van der Waals surface area contributed by atoms with Crippen LogP contribution >= 0.6 is 0 Å². The molecule has 1 unspecified atom stereocenters. The third-order valence-corrected chi connectivity index (χ3v) is 7.18. The van der Waals surface area contributed by atoms with Crippen LogP contribution in [0.1, 0.15) is 17.2 Å². The molecule has 2 N–H and O–H groups in total. The maximum Gasteiger partial charge on any atom is 0.244 e. The molecule has 0 aliphatic rings. The Bertz CT molecular complexity index is 1240. The van der Waals surface area contributed by atoms with Crippen molar-refractivity contribution in [3.63, 3.8) is 0 Å². The number of nitrogens with one attached hydrogen (secondary N) is 1. The summed E-state index contributed by atoms with van der Waals surface area (Å²) in [6.45, 7) is 0. The number of benzene rings is 3. The summed E-state index contributed by atoms with van der Waals surface area (Å²) in [7, 11) is 0.294.